The number of hydrogen-bond donors (Lipinski definition) is 2. The third-order valence-electron chi connectivity index (χ3n) is 5.75. The summed E-state index contributed by atoms with van der Waals surface area (Å²) in [6, 6.07) is 6.93. The van der Waals surface area contributed by atoms with E-state index in [0.29, 0.717) is 25.1 Å². The number of aromatic carboxylic acids is 1. The number of ether oxygens (including phenoxy) is 2. The van der Waals surface area contributed by atoms with Crippen molar-refractivity contribution in [3.8, 4) is 0 Å². The van der Waals surface area contributed by atoms with Crippen LogP contribution >= 0.6 is 0 Å². The minimum atomic E-state index is -2.80. The summed E-state index contributed by atoms with van der Waals surface area (Å²) < 4.78 is 35.1. The molecular weight excluding hydrogens is 370 g/mol. The Hall–Kier alpha value is -1.77. The van der Waals surface area contributed by atoms with Crippen molar-refractivity contribution in [1.29, 1.82) is 0 Å². The van der Waals surface area contributed by atoms with E-state index >= 15 is 0 Å². The number of hydrogen-bond acceptors (Lipinski definition) is 5. The van der Waals surface area contributed by atoms with E-state index in [1.165, 1.54) is 12.1 Å². The van der Waals surface area contributed by atoms with Gasteiger partial charge in [-0.2, -0.15) is 8.78 Å². The van der Waals surface area contributed by atoms with Crippen molar-refractivity contribution >= 4 is 11.7 Å². The Labute approximate surface area is 163 Å². The average molecular weight is 398 g/mol. The molecule has 3 rings (SSSR count). The molecule has 6 nitrogen and oxygen atoms in total. The van der Waals surface area contributed by atoms with E-state index in [-0.39, 0.29) is 24.3 Å². The first-order valence-corrected chi connectivity index (χ1v) is 9.75. The Bertz CT molecular complexity index is 636. The summed E-state index contributed by atoms with van der Waals surface area (Å²) in [5, 5.41) is 12.7. The van der Waals surface area contributed by atoms with Crippen LogP contribution in [0, 0.1) is 0 Å². The zero-order valence-corrected chi connectivity index (χ0v) is 16.0. The lowest BCUT2D eigenvalue weighted by Crippen LogP contribution is -2.42. The number of halogens is 2. The number of anilines is 1. The molecule has 1 saturated carbocycles. The summed E-state index contributed by atoms with van der Waals surface area (Å²) in [5.41, 5.74) is 1.02. The normalized spacial score (nSPS) is 28.1. The van der Waals surface area contributed by atoms with Gasteiger partial charge in [0.05, 0.1) is 24.3 Å². The number of carboxylic acid groups (broad SMARTS) is 1. The number of carboxylic acids is 1. The van der Waals surface area contributed by atoms with Crippen molar-refractivity contribution in [1.82, 2.24) is 5.32 Å². The zero-order chi connectivity index (χ0) is 20.1. The van der Waals surface area contributed by atoms with Crippen LogP contribution in [-0.4, -0.2) is 62.2 Å². The van der Waals surface area contributed by atoms with Crippen LogP contribution in [0.3, 0.4) is 0 Å². The van der Waals surface area contributed by atoms with Crippen LogP contribution in [0.2, 0.25) is 0 Å². The fourth-order valence-corrected chi connectivity index (χ4v) is 4.29. The number of methoxy groups -OCH3 is 1. The monoisotopic (exact) mass is 398 g/mol. The van der Waals surface area contributed by atoms with Gasteiger partial charge in [-0.05, 0) is 56.4 Å². The molecule has 2 N–H and O–H groups in total. The Morgan fingerprint density at radius 3 is 2.46 bits per heavy atom. The molecule has 8 heteroatoms. The Kier molecular flexibility index (Phi) is 7.20. The molecular formula is C20H28F2N2O4. The largest absolute Gasteiger partial charge is 0.478 e. The van der Waals surface area contributed by atoms with Gasteiger partial charge in [0.1, 0.15) is 0 Å². The third kappa shape index (κ3) is 5.40. The van der Waals surface area contributed by atoms with Crippen LogP contribution in [0.4, 0.5) is 14.5 Å². The first kappa shape index (κ1) is 21.0. The molecule has 28 heavy (non-hydrogen) atoms. The molecule has 0 spiro atoms. The Morgan fingerprint density at radius 2 is 1.89 bits per heavy atom. The van der Waals surface area contributed by atoms with E-state index < -0.39 is 12.6 Å². The molecule has 2 aliphatic rings. The molecule has 1 aliphatic carbocycles. The lowest BCUT2D eigenvalue weighted by atomic mass is 9.92. The van der Waals surface area contributed by atoms with Gasteiger partial charge >= 0.3 is 12.6 Å². The van der Waals surface area contributed by atoms with Crippen LogP contribution < -0.4 is 10.2 Å². The highest BCUT2D eigenvalue weighted by Crippen LogP contribution is 2.29. The zero-order valence-electron chi connectivity index (χ0n) is 16.0. The number of benzene rings is 1. The van der Waals surface area contributed by atoms with Gasteiger partial charge in [-0.1, -0.05) is 0 Å². The van der Waals surface area contributed by atoms with Crippen molar-refractivity contribution in [3.05, 3.63) is 29.8 Å². The van der Waals surface area contributed by atoms with E-state index in [1.807, 2.05) is 4.90 Å². The van der Waals surface area contributed by atoms with E-state index in [9.17, 15) is 13.6 Å². The summed E-state index contributed by atoms with van der Waals surface area (Å²) in [7, 11) is 1.75. The predicted octanol–water partition coefficient (Wildman–Crippen LogP) is 3.12. The van der Waals surface area contributed by atoms with E-state index in [1.54, 1.807) is 19.2 Å². The number of rotatable bonds is 8. The van der Waals surface area contributed by atoms with Crippen LogP contribution in [-0.2, 0) is 9.47 Å². The molecule has 0 aromatic heterocycles. The molecule has 1 aliphatic heterocycles. The van der Waals surface area contributed by atoms with Gasteiger partial charge in [0.25, 0.3) is 0 Å². The first-order chi connectivity index (χ1) is 13.5. The average Bonchev–Trinajstić information content (AvgIpc) is 3.09. The molecule has 2 atom stereocenters. The molecule has 0 bridgehead atoms. The lowest BCUT2D eigenvalue weighted by Gasteiger charge is -2.30. The number of nitrogens with zero attached hydrogens (tertiary/aromatic N) is 1. The van der Waals surface area contributed by atoms with E-state index in [2.05, 4.69) is 10.1 Å². The summed E-state index contributed by atoms with van der Waals surface area (Å²) in [6.45, 7) is -2.19. The maximum atomic E-state index is 12.6. The van der Waals surface area contributed by atoms with Crippen molar-refractivity contribution in [3.63, 3.8) is 0 Å². The summed E-state index contributed by atoms with van der Waals surface area (Å²) >= 11 is 0. The van der Waals surface area contributed by atoms with Gasteiger partial charge in [0, 0.05) is 31.4 Å². The molecule has 0 radical (unpaired) electrons. The van der Waals surface area contributed by atoms with Gasteiger partial charge in [-0.25, -0.2) is 4.79 Å². The second-order valence-corrected chi connectivity index (χ2v) is 7.56. The van der Waals surface area contributed by atoms with Gasteiger partial charge in [-0.15, -0.1) is 0 Å². The summed E-state index contributed by atoms with van der Waals surface area (Å²) in [4.78, 5) is 13.1. The maximum Gasteiger partial charge on any atom is 0.345 e. The fraction of sp³-hybridized carbons (Fsp3) is 0.650. The van der Waals surface area contributed by atoms with Crippen molar-refractivity contribution < 1.29 is 28.2 Å². The van der Waals surface area contributed by atoms with E-state index in [4.69, 9.17) is 9.84 Å². The highest BCUT2D eigenvalue weighted by molar-refractivity contribution is 5.88. The smallest absolute Gasteiger partial charge is 0.345 e. The van der Waals surface area contributed by atoms with Crippen LogP contribution in [0.25, 0.3) is 0 Å². The summed E-state index contributed by atoms with van der Waals surface area (Å²) in [5.74, 6) is -0.989. The van der Waals surface area contributed by atoms with Crippen LogP contribution in [0.5, 0.6) is 0 Å². The second-order valence-electron chi connectivity index (χ2n) is 7.56. The van der Waals surface area contributed by atoms with Crippen molar-refractivity contribution in [2.24, 2.45) is 0 Å². The first-order valence-electron chi connectivity index (χ1n) is 9.75. The minimum absolute atomic E-state index is 0.0626. The van der Waals surface area contributed by atoms with Crippen molar-refractivity contribution in [2.45, 2.75) is 62.9 Å². The Morgan fingerprint density at radius 1 is 1.21 bits per heavy atom. The quantitative estimate of drug-likeness (QED) is 0.701. The Balaban J connectivity index is 1.64. The molecule has 1 heterocycles. The predicted molar refractivity (Wildman–Crippen MR) is 101 cm³/mol. The summed E-state index contributed by atoms with van der Waals surface area (Å²) in [6.07, 6.45) is 5.18. The lowest BCUT2D eigenvalue weighted by molar-refractivity contribution is -0.131. The molecule has 156 valence electrons. The minimum Gasteiger partial charge on any atom is -0.478 e. The van der Waals surface area contributed by atoms with Gasteiger partial charge in [0.15, 0.2) is 0 Å². The molecule has 1 saturated heterocycles. The van der Waals surface area contributed by atoms with E-state index in [0.717, 1.165) is 31.4 Å². The van der Waals surface area contributed by atoms with Crippen LogP contribution in [0.15, 0.2) is 24.3 Å². The topological polar surface area (TPSA) is 71.0 Å². The number of alkyl halides is 2. The number of nitrogens with one attached hydrogen (secondary N) is 1. The fourth-order valence-electron chi connectivity index (χ4n) is 4.29. The second kappa shape index (κ2) is 9.62. The molecule has 1 aromatic rings. The number of carbonyl (C=O) groups is 1. The van der Waals surface area contributed by atoms with Gasteiger partial charge in [0.2, 0.25) is 0 Å². The van der Waals surface area contributed by atoms with Gasteiger partial charge < -0.3 is 24.8 Å². The maximum absolute atomic E-state index is 12.6. The molecule has 0 unspecified atom stereocenters. The molecule has 1 aromatic carbocycles. The highest BCUT2D eigenvalue weighted by atomic mass is 19.3. The van der Waals surface area contributed by atoms with Gasteiger partial charge in [-0.3, -0.25) is 0 Å². The third-order valence-corrected chi connectivity index (χ3v) is 5.75. The van der Waals surface area contributed by atoms with Crippen molar-refractivity contribution in [2.75, 3.05) is 25.2 Å². The standard InChI is InChI=1S/C20H28F2N2O4/c1-27-18-8-4-14(5-9-18)23-15-10-17(12-28-20(21)22)24(11-15)16-6-2-13(3-7-16)19(25)26/h2-3,6-7,14-15,17-18,20,23H,4-5,8-12H2,1H3,(H,25,26)/t14?,15-,17-,18?/m0/s1. The van der Waals surface area contributed by atoms with Crippen LogP contribution in [0.1, 0.15) is 42.5 Å². The highest BCUT2D eigenvalue weighted by Gasteiger charge is 2.34. The molecule has 2 fully saturated rings. The molecule has 0 amide bonds. The SMILES string of the molecule is COC1CCC(N[C@H]2C[C@@H](COC(F)F)N(c3ccc(C(=O)O)cc3)C2)CC1.